The average Bonchev–Trinajstić information content (AvgIpc) is 0.927. The van der Waals surface area contributed by atoms with Gasteiger partial charge in [-0.05, 0) is 37.5 Å². The summed E-state index contributed by atoms with van der Waals surface area (Å²) in [5.74, 6) is -0.629. The lowest BCUT2D eigenvalue weighted by Gasteiger charge is -2.21. The van der Waals surface area contributed by atoms with E-state index >= 15 is 0 Å². The van der Waals surface area contributed by atoms with Gasteiger partial charge in [0.15, 0.2) is 12.2 Å². The molecule has 17 nitrogen and oxygen atoms in total. The molecule has 19 heteroatoms. The molecule has 0 heterocycles. The Labute approximate surface area is 613 Å². The number of phosphoric acid groups is 2. The summed E-state index contributed by atoms with van der Waals surface area (Å²) >= 11 is 0. The van der Waals surface area contributed by atoms with E-state index in [4.69, 9.17) is 37.0 Å². The molecule has 0 saturated heterocycles. The fourth-order valence-electron chi connectivity index (χ4n) is 12.5. The summed E-state index contributed by atoms with van der Waals surface area (Å²) in [6, 6.07) is 0. The maximum atomic E-state index is 13.1. The van der Waals surface area contributed by atoms with Crippen molar-refractivity contribution in [2.45, 2.75) is 445 Å². The molecule has 0 saturated carbocycles. The molecule has 0 radical (unpaired) electrons. The molecule has 0 aliphatic carbocycles. The number of aliphatic hydroxyl groups is 1. The lowest BCUT2D eigenvalue weighted by Crippen LogP contribution is -2.30. The van der Waals surface area contributed by atoms with Crippen LogP contribution in [0.2, 0.25) is 0 Å². The Morgan fingerprint density at radius 3 is 0.680 bits per heavy atom. The third-order valence-corrected chi connectivity index (χ3v) is 20.9. The molecule has 0 rings (SSSR count). The first-order chi connectivity index (χ1) is 48.4. The van der Waals surface area contributed by atoms with Crippen LogP contribution in [-0.2, 0) is 65.4 Å². The zero-order valence-corrected chi connectivity index (χ0v) is 67.3. The van der Waals surface area contributed by atoms with Gasteiger partial charge in [-0.1, -0.05) is 375 Å². The number of unbranched alkanes of at least 4 members (excludes halogenated alkanes) is 50. The number of aliphatic hydroxyl groups excluding tert-OH is 1. The van der Waals surface area contributed by atoms with Crippen LogP contribution in [0, 0.1) is 11.8 Å². The van der Waals surface area contributed by atoms with Gasteiger partial charge in [0, 0.05) is 25.7 Å². The monoisotopic (exact) mass is 1470 g/mol. The molecular formula is C81H158O17P2. The Morgan fingerprint density at radius 2 is 0.460 bits per heavy atom. The molecule has 0 aliphatic rings. The summed E-state index contributed by atoms with van der Waals surface area (Å²) in [5, 5.41) is 10.6. The molecular weight excluding hydrogens is 1310 g/mol. The highest BCUT2D eigenvalue weighted by molar-refractivity contribution is 7.47. The molecule has 0 spiro atoms. The predicted octanol–water partition coefficient (Wildman–Crippen LogP) is 24.3. The van der Waals surface area contributed by atoms with Crippen molar-refractivity contribution in [3.8, 4) is 0 Å². The van der Waals surface area contributed by atoms with Crippen LogP contribution in [0.3, 0.4) is 0 Å². The number of carbonyl (C=O) groups is 4. The summed E-state index contributed by atoms with van der Waals surface area (Å²) in [6.45, 7) is 9.59. The quantitative estimate of drug-likeness (QED) is 0.0222. The topological polar surface area (TPSA) is 237 Å². The van der Waals surface area contributed by atoms with Crippen LogP contribution in [0.5, 0.6) is 0 Å². The lowest BCUT2D eigenvalue weighted by molar-refractivity contribution is -0.161. The summed E-state index contributed by atoms with van der Waals surface area (Å²) in [4.78, 5) is 73.0. The van der Waals surface area contributed by atoms with Gasteiger partial charge in [0.05, 0.1) is 26.4 Å². The Kier molecular flexibility index (Phi) is 71.2. The van der Waals surface area contributed by atoms with Gasteiger partial charge in [-0.3, -0.25) is 37.3 Å². The molecule has 0 aromatic carbocycles. The Morgan fingerprint density at radius 1 is 0.270 bits per heavy atom. The maximum Gasteiger partial charge on any atom is 0.472 e. The number of phosphoric ester groups is 2. The van der Waals surface area contributed by atoms with Crippen molar-refractivity contribution in [2.75, 3.05) is 39.6 Å². The van der Waals surface area contributed by atoms with Crippen molar-refractivity contribution in [1.29, 1.82) is 0 Å². The normalized spacial score (nSPS) is 13.9. The van der Waals surface area contributed by atoms with Crippen LogP contribution >= 0.6 is 15.6 Å². The maximum absolute atomic E-state index is 13.1. The zero-order valence-electron chi connectivity index (χ0n) is 65.5. The van der Waals surface area contributed by atoms with Gasteiger partial charge in [0.2, 0.25) is 0 Å². The number of ether oxygens (including phenoxy) is 4. The second kappa shape index (κ2) is 72.6. The molecule has 594 valence electrons. The van der Waals surface area contributed by atoms with Gasteiger partial charge < -0.3 is 33.8 Å². The third-order valence-electron chi connectivity index (χ3n) is 19.0. The first-order valence-corrected chi connectivity index (χ1v) is 45.0. The van der Waals surface area contributed by atoms with Gasteiger partial charge in [0.25, 0.3) is 0 Å². The van der Waals surface area contributed by atoms with Crippen LogP contribution < -0.4 is 0 Å². The van der Waals surface area contributed by atoms with E-state index in [1.165, 1.54) is 244 Å². The molecule has 5 atom stereocenters. The lowest BCUT2D eigenvalue weighted by atomic mass is 10.0. The minimum atomic E-state index is -4.96. The number of hydrogen-bond donors (Lipinski definition) is 3. The summed E-state index contributed by atoms with van der Waals surface area (Å²) in [7, 11) is -9.92. The van der Waals surface area contributed by atoms with E-state index in [9.17, 15) is 43.2 Å². The van der Waals surface area contributed by atoms with Crippen molar-refractivity contribution in [3.05, 3.63) is 0 Å². The molecule has 0 bridgehead atoms. The van der Waals surface area contributed by atoms with Crippen molar-refractivity contribution >= 4 is 39.5 Å². The van der Waals surface area contributed by atoms with E-state index in [-0.39, 0.29) is 25.7 Å². The number of hydrogen-bond acceptors (Lipinski definition) is 15. The first kappa shape index (κ1) is 98.1. The predicted molar refractivity (Wildman–Crippen MR) is 409 cm³/mol. The van der Waals surface area contributed by atoms with E-state index in [1.807, 2.05) is 0 Å². The Hall–Kier alpha value is -1.94. The molecule has 2 unspecified atom stereocenters. The van der Waals surface area contributed by atoms with Crippen LogP contribution in [0.25, 0.3) is 0 Å². The molecule has 0 fully saturated rings. The van der Waals surface area contributed by atoms with E-state index in [1.54, 1.807) is 0 Å². The van der Waals surface area contributed by atoms with E-state index in [0.717, 1.165) is 102 Å². The number of rotatable bonds is 80. The summed E-state index contributed by atoms with van der Waals surface area (Å²) in [6.07, 6.45) is 62.5. The highest BCUT2D eigenvalue weighted by atomic mass is 31.2. The van der Waals surface area contributed by atoms with Gasteiger partial charge in [0.1, 0.15) is 19.3 Å². The zero-order chi connectivity index (χ0) is 73.5. The van der Waals surface area contributed by atoms with Crippen LogP contribution in [0.15, 0.2) is 0 Å². The van der Waals surface area contributed by atoms with Crippen molar-refractivity contribution < 1.29 is 80.2 Å². The molecule has 3 N–H and O–H groups in total. The largest absolute Gasteiger partial charge is 0.472 e. The molecule has 100 heavy (non-hydrogen) atoms. The van der Waals surface area contributed by atoms with Gasteiger partial charge >= 0.3 is 39.5 Å². The van der Waals surface area contributed by atoms with Crippen molar-refractivity contribution in [2.24, 2.45) is 11.8 Å². The van der Waals surface area contributed by atoms with Gasteiger partial charge in [-0.15, -0.1) is 0 Å². The van der Waals surface area contributed by atoms with Crippen LogP contribution in [0.4, 0.5) is 0 Å². The van der Waals surface area contributed by atoms with Crippen LogP contribution in [-0.4, -0.2) is 96.7 Å². The fourth-order valence-corrected chi connectivity index (χ4v) is 14.1. The van der Waals surface area contributed by atoms with E-state index in [0.29, 0.717) is 25.7 Å². The minimum Gasteiger partial charge on any atom is -0.462 e. The average molecular weight is 1470 g/mol. The molecule has 0 amide bonds. The standard InChI is InChI=1S/C81H158O17P2/c1-7-9-11-13-15-17-19-21-23-25-26-27-28-30-32-34-40-47-53-59-65-80(85)97-76(69-91-78(83)63-57-51-45-39-33-31-29-24-22-20-18-16-14-12-10-8-2)71-95-99(87,88)93-67-75(82)68-94-100(89,90)96-72-77(98-81(86)66-60-54-48-42-36-38-44-50-56-62-74(5)6)70-92-79(84)64-58-52-46-41-35-37-43-49-55-61-73(3)4/h73-77,82H,7-72H2,1-6H3,(H,87,88)(H,89,90)/t75-,76-,77-/m1/s1. The SMILES string of the molecule is CCCCCCCCCCCCCCCCCCCCCCC(=O)O[C@H](COC(=O)CCCCCCCCCCCCCCCCCC)COP(=O)(O)OC[C@@H](O)COP(=O)(O)OC[C@@H](COC(=O)CCCCCCCCCCCC(C)C)OC(=O)CCCCCCCCCCCC(C)C. The Bertz CT molecular complexity index is 1920. The highest BCUT2D eigenvalue weighted by Crippen LogP contribution is 2.45. The number of esters is 4. The fraction of sp³-hybridized carbons (Fsp3) is 0.951. The van der Waals surface area contributed by atoms with Crippen LogP contribution in [0.1, 0.15) is 427 Å². The van der Waals surface area contributed by atoms with E-state index < -0.39 is 97.5 Å². The second-order valence-corrected chi connectivity index (χ2v) is 33.0. The highest BCUT2D eigenvalue weighted by Gasteiger charge is 2.30. The van der Waals surface area contributed by atoms with Gasteiger partial charge in [-0.2, -0.15) is 0 Å². The summed E-state index contributed by atoms with van der Waals surface area (Å²) < 4.78 is 68.7. The van der Waals surface area contributed by atoms with Gasteiger partial charge in [-0.25, -0.2) is 9.13 Å². The second-order valence-electron chi connectivity index (χ2n) is 30.1. The minimum absolute atomic E-state index is 0.105. The smallest absolute Gasteiger partial charge is 0.462 e. The number of carbonyl (C=O) groups excluding carboxylic acids is 4. The molecule has 0 aromatic rings. The molecule has 0 aliphatic heterocycles. The Balaban J connectivity index is 5.24. The third kappa shape index (κ3) is 74.3. The van der Waals surface area contributed by atoms with E-state index in [2.05, 4.69) is 41.5 Å². The summed E-state index contributed by atoms with van der Waals surface area (Å²) in [5.41, 5.74) is 0. The van der Waals surface area contributed by atoms with Crippen molar-refractivity contribution in [1.82, 2.24) is 0 Å². The molecule has 0 aromatic heterocycles. The van der Waals surface area contributed by atoms with Crippen molar-refractivity contribution in [3.63, 3.8) is 0 Å². The first-order valence-electron chi connectivity index (χ1n) is 42.0.